The maximum atomic E-state index is 13.0. The summed E-state index contributed by atoms with van der Waals surface area (Å²) in [5, 5.41) is -0.131. The molecule has 36 heavy (non-hydrogen) atoms. The highest BCUT2D eigenvalue weighted by Gasteiger charge is 2.37. The van der Waals surface area contributed by atoms with Gasteiger partial charge in [0.05, 0.1) is 17.0 Å². The van der Waals surface area contributed by atoms with Gasteiger partial charge in [-0.3, -0.25) is 19.3 Å². The largest absolute Gasteiger partial charge is 0.493 e. The first-order valence-electron chi connectivity index (χ1n) is 11.9. The maximum absolute atomic E-state index is 13.0. The molecule has 0 bridgehead atoms. The summed E-state index contributed by atoms with van der Waals surface area (Å²) in [6.07, 6.45) is 5.66. The van der Waals surface area contributed by atoms with E-state index < -0.39 is 11.1 Å². The Morgan fingerprint density at radius 3 is 2.44 bits per heavy atom. The number of rotatable bonds is 7. The molecule has 190 valence electrons. The Morgan fingerprint density at radius 2 is 1.78 bits per heavy atom. The maximum Gasteiger partial charge on any atom is 0.294 e. The molecule has 0 radical (unpaired) electrons. The normalized spacial score (nSPS) is 17.5. The fraction of sp³-hybridized carbons (Fsp3) is 0.370. The van der Waals surface area contributed by atoms with Gasteiger partial charge in [0.25, 0.3) is 11.1 Å². The zero-order valence-corrected chi connectivity index (χ0v) is 22.0. The van der Waals surface area contributed by atoms with E-state index in [-0.39, 0.29) is 17.4 Å². The average molecular weight is 529 g/mol. The first-order chi connectivity index (χ1) is 17.4. The van der Waals surface area contributed by atoms with Crippen LogP contribution in [0.1, 0.15) is 42.4 Å². The quantitative estimate of drug-likeness (QED) is 0.431. The Bertz CT molecular complexity index is 1170. The first kappa shape index (κ1) is 26.1. The van der Waals surface area contributed by atoms with E-state index in [4.69, 9.17) is 21.1 Å². The molecule has 2 saturated heterocycles. The van der Waals surface area contributed by atoms with Crippen LogP contribution in [0.5, 0.6) is 11.5 Å². The molecule has 2 aromatic rings. The van der Waals surface area contributed by atoms with Crippen molar-refractivity contribution in [2.24, 2.45) is 0 Å². The Kier molecular flexibility index (Phi) is 8.59. The molecule has 2 aliphatic heterocycles. The number of imide groups is 1. The first-order valence-corrected chi connectivity index (χ1v) is 13.1. The minimum atomic E-state index is -0.483. The van der Waals surface area contributed by atoms with Crippen molar-refractivity contribution in [3.8, 4) is 11.5 Å². The molecule has 0 saturated carbocycles. The van der Waals surface area contributed by atoms with E-state index in [0.717, 1.165) is 53.5 Å². The molecule has 0 spiro atoms. The highest BCUT2D eigenvalue weighted by atomic mass is 35.5. The number of ether oxygens (including phenoxy) is 2. The second kappa shape index (κ2) is 11.8. The van der Waals surface area contributed by atoms with Crippen LogP contribution in [0.2, 0.25) is 5.02 Å². The number of methoxy groups -OCH3 is 1. The van der Waals surface area contributed by atoms with E-state index in [1.54, 1.807) is 23.1 Å². The second-order valence-corrected chi connectivity index (χ2v) is 10.3. The van der Waals surface area contributed by atoms with Gasteiger partial charge in [-0.25, -0.2) is 0 Å². The molecule has 9 heteroatoms. The fourth-order valence-electron chi connectivity index (χ4n) is 4.15. The van der Waals surface area contributed by atoms with Crippen LogP contribution in [0.15, 0.2) is 41.3 Å². The van der Waals surface area contributed by atoms with Crippen LogP contribution in [0.25, 0.3) is 6.08 Å². The molecule has 3 amide bonds. The summed E-state index contributed by atoms with van der Waals surface area (Å²) >= 11 is 7.31. The van der Waals surface area contributed by atoms with E-state index in [0.29, 0.717) is 41.8 Å². The summed E-state index contributed by atoms with van der Waals surface area (Å²) in [6.45, 7) is 3.44. The lowest BCUT2D eigenvalue weighted by atomic mass is 10.1. The highest BCUT2D eigenvalue weighted by molar-refractivity contribution is 8.18. The molecule has 2 fully saturated rings. The average Bonchev–Trinajstić information content (AvgIpc) is 3.05. The number of aryl methyl sites for hydroxylation is 1. The Labute approximate surface area is 220 Å². The van der Waals surface area contributed by atoms with Gasteiger partial charge in [-0.2, -0.15) is 0 Å². The fourth-order valence-corrected chi connectivity index (χ4v) is 5.26. The van der Waals surface area contributed by atoms with Crippen LogP contribution in [0.4, 0.5) is 4.79 Å². The van der Waals surface area contributed by atoms with Crippen LogP contribution >= 0.6 is 23.4 Å². The number of hydrogen-bond donors (Lipinski definition) is 0. The number of hydrogen-bond acceptors (Lipinski definition) is 6. The second-order valence-electron chi connectivity index (χ2n) is 8.87. The lowest BCUT2D eigenvalue weighted by Gasteiger charge is -2.22. The molecule has 2 aromatic carbocycles. The molecule has 0 atom stereocenters. The lowest BCUT2D eigenvalue weighted by Crippen LogP contribution is -2.42. The summed E-state index contributed by atoms with van der Waals surface area (Å²) in [5.74, 6) is 0.132. The summed E-state index contributed by atoms with van der Waals surface area (Å²) < 4.78 is 11.4. The van der Waals surface area contributed by atoms with E-state index in [9.17, 15) is 14.4 Å². The molecule has 0 aliphatic carbocycles. The number of amides is 3. The summed E-state index contributed by atoms with van der Waals surface area (Å²) in [4.78, 5) is 41.2. The molecule has 4 rings (SSSR count). The third-order valence-electron chi connectivity index (χ3n) is 6.18. The highest BCUT2D eigenvalue weighted by Crippen LogP contribution is 2.39. The molecular formula is C27H29ClN2O5S. The molecular weight excluding hydrogens is 500 g/mol. The van der Waals surface area contributed by atoms with E-state index >= 15 is 0 Å². The summed E-state index contributed by atoms with van der Waals surface area (Å²) in [6, 6.07) is 11.3. The van der Waals surface area contributed by atoms with Gasteiger partial charge in [-0.05, 0) is 60.9 Å². The van der Waals surface area contributed by atoms with E-state index in [1.165, 1.54) is 7.11 Å². The standard InChI is InChI=1S/C27H29ClN2O5S/c1-18-7-9-19(10-8-18)17-35-25-21(28)13-20(14-22(25)34-2)15-23-26(32)30(27(33)36-23)16-24(31)29-11-5-3-4-6-12-29/h7-10,13-15H,3-6,11-12,16-17H2,1-2H3. The van der Waals surface area contributed by atoms with Gasteiger partial charge in [-0.1, -0.05) is 54.3 Å². The SMILES string of the molecule is COc1cc(C=C2SC(=O)N(CC(=O)N3CCCCCC3)C2=O)cc(Cl)c1OCc1ccc(C)cc1. The topological polar surface area (TPSA) is 76.2 Å². The minimum absolute atomic E-state index is 0.194. The van der Waals surface area contributed by atoms with Crippen LogP contribution in [0, 0.1) is 6.92 Å². The van der Waals surface area contributed by atoms with Crippen molar-refractivity contribution in [1.29, 1.82) is 0 Å². The van der Waals surface area contributed by atoms with Gasteiger partial charge in [0.1, 0.15) is 13.2 Å². The van der Waals surface area contributed by atoms with Crippen LogP contribution in [-0.2, 0) is 16.2 Å². The predicted molar refractivity (Wildman–Crippen MR) is 141 cm³/mol. The Balaban J connectivity index is 1.47. The van der Waals surface area contributed by atoms with Crippen molar-refractivity contribution in [3.63, 3.8) is 0 Å². The smallest absolute Gasteiger partial charge is 0.294 e. The number of carbonyl (C=O) groups is 3. The number of likely N-dealkylation sites (tertiary alicyclic amines) is 1. The number of benzene rings is 2. The van der Waals surface area contributed by atoms with Gasteiger partial charge < -0.3 is 14.4 Å². The third kappa shape index (κ3) is 6.23. The van der Waals surface area contributed by atoms with Crippen molar-refractivity contribution >= 4 is 46.5 Å². The number of halogens is 1. The monoisotopic (exact) mass is 528 g/mol. The van der Waals surface area contributed by atoms with E-state index in [1.807, 2.05) is 31.2 Å². The Hall–Kier alpha value is -2.97. The van der Waals surface area contributed by atoms with Crippen molar-refractivity contribution < 1.29 is 23.9 Å². The number of nitrogens with zero attached hydrogens (tertiary/aromatic N) is 2. The summed E-state index contributed by atoms with van der Waals surface area (Å²) in [5.41, 5.74) is 2.74. The van der Waals surface area contributed by atoms with Crippen molar-refractivity contribution in [2.75, 3.05) is 26.7 Å². The Morgan fingerprint density at radius 1 is 1.08 bits per heavy atom. The molecule has 0 unspecified atom stereocenters. The van der Waals surface area contributed by atoms with Gasteiger partial charge in [0.2, 0.25) is 5.91 Å². The molecule has 2 aliphatic rings. The summed E-state index contributed by atoms with van der Waals surface area (Å²) in [7, 11) is 1.51. The molecule has 0 aromatic heterocycles. The van der Waals surface area contributed by atoms with Crippen molar-refractivity contribution in [3.05, 3.63) is 63.0 Å². The van der Waals surface area contributed by atoms with Crippen LogP contribution < -0.4 is 9.47 Å². The van der Waals surface area contributed by atoms with E-state index in [2.05, 4.69) is 0 Å². The lowest BCUT2D eigenvalue weighted by molar-refractivity contribution is -0.135. The third-order valence-corrected chi connectivity index (χ3v) is 7.37. The minimum Gasteiger partial charge on any atom is -0.493 e. The number of thioether (sulfide) groups is 1. The molecule has 2 heterocycles. The van der Waals surface area contributed by atoms with Crippen LogP contribution in [-0.4, -0.2) is 53.6 Å². The number of carbonyl (C=O) groups excluding carboxylic acids is 3. The van der Waals surface area contributed by atoms with Gasteiger partial charge in [0.15, 0.2) is 11.5 Å². The van der Waals surface area contributed by atoms with Gasteiger partial charge in [-0.15, -0.1) is 0 Å². The van der Waals surface area contributed by atoms with Crippen molar-refractivity contribution in [1.82, 2.24) is 9.80 Å². The molecule has 0 N–H and O–H groups in total. The molecule has 7 nitrogen and oxygen atoms in total. The van der Waals surface area contributed by atoms with Crippen LogP contribution in [0.3, 0.4) is 0 Å². The zero-order chi connectivity index (χ0) is 25.7. The van der Waals surface area contributed by atoms with Crippen molar-refractivity contribution in [2.45, 2.75) is 39.2 Å². The zero-order valence-electron chi connectivity index (χ0n) is 20.4. The van der Waals surface area contributed by atoms with Gasteiger partial charge >= 0.3 is 0 Å². The van der Waals surface area contributed by atoms with Gasteiger partial charge in [0, 0.05) is 13.1 Å². The predicted octanol–water partition coefficient (Wildman–Crippen LogP) is 5.67.